The molecule has 0 bridgehead atoms. The molecule has 0 aliphatic heterocycles. The van der Waals surface area contributed by atoms with Crippen molar-refractivity contribution in [3.8, 4) is 17.4 Å². The van der Waals surface area contributed by atoms with E-state index in [4.69, 9.17) is 4.74 Å². The predicted molar refractivity (Wildman–Crippen MR) is 77.2 cm³/mol. The van der Waals surface area contributed by atoms with Crippen molar-refractivity contribution >= 4 is 10.9 Å². The number of nitrogens with zero attached hydrogens (tertiary/aromatic N) is 1. The van der Waals surface area contributed by atoms with Crippen LogP contribution in [0.1, 0.15) is 0 Å². The minimum Gasteiger partial charge on any atom is -0.503 e. The fourth-order valence-corrected chi connectivity index (χ4v) is 2.27. The minimum atomic E-state index is -0.122. The number of hydrogen-bond donors (Lipinski definition) is 2. The van der Waals surface area contributed by atoms with E-state index < -0.39 is 0 Å². The molecule has 0 radical (unpaired) electrons. The zero-order valence-electron chi connectivity index (χ0n) is 10.9. The first-order valence-electron chi connectivity index (χ1n) is 6.44. The number of fused-ring (bicyclic) bond motifs is 1. The van der Waals surface area contributed by atoms with Crippen molar-refractivity contribution in [1.82, 2.24) is 4.57 Å². The van der Waals surface area contributed by atoms with Gasteiger partial charge in [0.05, 0.1) is 12.1 Å². The summed E-state index contributed by atoms with van der Waals surface area (Å²) in [6, 6.07) is 16.8. The van der Waals surface area contributed by atoms with Gasteiger partial charge in [-0.25, -0.2) is 0 Å². The quantitative estimate of drug-likeness (QED) is 0.765. The Bertz CT molecular complexity index is 719. The standard InChI is InChI=1S/C16H15NO3/c18-15-13-8-4-5-9-14(13)17(16(15)19)10-11-20-12-6-2-1-3-7-12/h1-9,18-19H,10-11H2. The zero-order chi connectivity index (χ0) is 13.9. The fraction of sp³-hybridized carbons (Fsp3) is 0.125. The number of rotatable bonds is 4. The molecule has 3 aromatic rings. The summed E-state index contributed by atoms with van der Waals surface area (Å²) in [7, 11) is 0. The highest BCUT2D eigenvalue weighted by atomic mass is 16.5. The van der Waals surface area contributed by atoms with E-state index in [2.05, 4.69) is 0 Å². The molecule has 0 fully saturated rings. The van der Waals surface area contributed by atoms with Gasteiger partial charge >= 0.3 is 0 Å². The molecule has 0 amide bonds. The summed E-state index contributed by atoms with van der Waals surface area (Å²) in [5.41, 5.74) is 0.791. The van der Waals surface area contributed by atoms with Crippen molar-refractivity contribution in [2.45, 2.75) is 6.54 Å². The summed E-state index contributed by atoms with van der Waals surface area (Å²) >= 11 is 0. The Morgan fingerprint density at radius 2 is 1.60 bits per heavy atom. The van der Waals surface area contributed by atoms with Gasteiger partial charge in [-0.05, 0) is 24.3 Å². The largest absolute Gasteiger partial charge is 0.503 e. The van der Waals surface area contributed by atoms with Crippen LogP contribution in [0.25, 0.3) is 10.9 Å². The van der Waals surface area contributed by atoms with Gasteiger partial charge in [0, 0.05) is 5.39 Å². The topological polar surface area (TPSA) is 54.6 Å². The second-order valence-corrected chi connectivity index (χ2v) is 4.50. The van der Waals surface area contributed by atoms with Crippen molar-refractivity contribution in [3.63, 3.8) is 0 Å². The van der Waals surface area contributed by atoms with Crippen LogP contribution in [0, 0.1) is 0 Å². The smallest absolute Gasteiger partial charge is 0.235 e. The van der Waals surface area contributed by atoms with E-state index in [9.17, 15) is 10.2 Å². The molecule has 1 aromatic heterocycles. The maximum absolute atomic E-state index is 9.98. The van der Waals surface area contributed by atoms with E-state index in [1.54, 1.807) is 10.6 Å². The number of aromatic nitrogens is 1. The number of hydrogen-bond acceptors (Lipinski definition) is 3. The molecule has 2 aromatic carbocycles. The molecule has 1 heterocycles. The van der Waals surface area contributed by atoms with Crippen molar-refractivity contribution < 1.29 is 14.9 Å². The molecule has 20 heavy (non-hydrogen) atoms. The summed E-state index contributed by atoms with van der Waals surface area (Å²) in [6.07, 6.45) is 0. The third-order valence-electron chi connectivity index (χ3n) is 3.24. The predicted octanol–water partition coefficient (Wildman–Crippen LogP) is 3.13. The molecular formula is C16H15NO3. The fourth-order valence-electron chi connectivity index (χ4n) is 2.27. The Labute approximate surface area is 116 Å². The van der Waals surface area contributed by atoms with Gasteiger partial charge < -0.3 is 19.5 Å². The number of para-hydroxylation sites is 2. The molecule has 4 nitrogen and oxygen atoms in total. The van der Waals surface area contributed by atoms with Gasteiger partial charge in [0.2, 0.25) is 5.88 Å². The first-order chi connectivity index (χ1) is 9.77. The average molecular weight is 269 g/mol. The van der Waals surface area contributed by atoms with E-state index in [0.29, 0.717) is 18.5 Å². The Hall–Kier alpha value is -2.62. The highest BCUT2D eigenvalue weighted by molar-refractivity contribution is 5.89. The van der Waals surface area contributed by atoms with Crippen molar-refractivity contribution in [2.75, 3.05) is 6.61 Å². The van der Waals surface area contributed by atoms with E-state index in [1.807, 2.05) is 48.5 Å². The summed E-state index contributed by atoms with van der Waals surface area (Å²) in [6.45, 7) is 0.873. The molecule has 0 saturated carbocycles. The molecule has 0 atom stereocenters. The third-order valence-corrected chi connectivity index (χ3v) is 3.24. The molecule has 0 spiro atoms. The Balaban J connectivity index is 1.79. The molecule has 0 aliphatic rings. The van der Waals surface area contributed by atoms with Gasteiger partial charge in [-0.15, -0.1) is 0 Å². The molecule has 3 rings (SSSR count). The monoisotopic (exact) mass is 269 g/mol. The van der Waals surface area contributed by atoms with Gasteiger partial charge in [-0.2, -0.15) is 0 Å². The number of ether oxygens (including phenoxy) is 1. The lowest BCUT2D eigenvalue weighted by Crippen LogP contribution is -2.07. The van der Waals surface area contributed by atoms with Gasteiger partial charge in [0.1, 0.15) is 12.4 Å². The van der Waals surface area contributed by atoms with Crippen LogP contribution in [0.15, 0.2) is 54.6 Å². The molecule has 2 N–H and O–H groups in total. The first kappa shape index (κ1) is 12.4. The lowest BCUT2D eigenvalue weighted by Gasteiger charge is -2.09. The maximum atomic E-state index is 9.98. The van der Waals surface area contributed by atoms with E-state index in [0.717, 1.165) is 11.3 Å². The van der Waals surface area contributed by atoms with Crippen molar-refractivity contribution in [1.29, 1.82) is 0 Å². The zero-order valence-corrected chi connectivity index (χ0v) is 10.9. The van der Waals surface area contributed by atoms with E-state index in [-0.39, 0.29) is 11.6 Å². The van der Waals surface area contributed by atoms with Gasteiger partial charge in [0.25, 0.3) is 0 Å². The molecule has 0 aliphatic carbocycles. The molecular weight excluding hydrogens is 254 g/mol. The summed E-state index contributed by atoms with van der Waals surface area (Å²) in [5.74, 6) is 0.579. The minimum absolute atomic E-state index is 0.0830. The summed E-state index contributed by atoms with van der Waals surface area (Å²) < 4.78 is 7.26. The highest BCUT2D eigenvalue weighted by Gasteiger charge is 2.14. The van der Waals surface area contributed by atoms with Gasteiger partial charge in [0.15, 0.2) is 5.75 Å². The van der Waals surface area contributed by atoms with Crippen LogP contribution in [-0.4, -0.2) is 21.4 Å². The first-order valence-corrected chi connectivity index (χ1v) is 6.44. The summed E-state index contributed by atoms with van der Waals surface area (Å²) in [4.78, 5) is 0. The van der Waals surface area contributed by atoms with Crippen molar-refractivity contribution in [3.05, 3.63) is 54.6 Å². The van der Waals surface area contributed by atoms with Gasteiger partial charge in [-0.3, -0.25) is 0 Å². The van der Waals surface area contributed by atoms with Gasteiger partial charge in [-0.1, -0.05) is 30.3 Å². The van der Waals surface area contributed by atoms with Crippen LogP contribution in [0.5, 0.6) is 17.4 Å². The van der Waals surface area contributed by atoms with E-state index >= 15 is 0 Å². The van der Waals surface area contributed by atoms with Crippen LogP contribution in [0.4, 0.5) is 0 Å². The lowest BCUT2D eigenvalue weighted by atomic mass is 10.2. The van der Waals surface area contributed by atoms with Crippen LogP contribution < -0.4 is 4.74 Å². The molecule has 0 unspecified atom stereocenters. The second-order valence-electron chi connectivity index (χ2n) is 4.50. The average Bonchev–Trinajstić information content (AvgIpc) is 2.74. The Morgan fingerprint density at radius 1 is 0.900 bits per heavy atom. The van der Waals surface area contributed by atoms with Crippen LogP contribution >= 0.6 is 0 Å². The SMILES string of the molecule is Oc1c(O)n(CCOc2ccccc2)c2ccccc12. The van der Waals surface area contributed by atoms with E-state index in [1.165, 1.54) is 0 Å². The molecule has 4 heteroatoms. The molecule has 102 valence electrons. The highest BCUT2D eigenvalue weighted by Crippen LogP contribution is 2.36. The lowest BCUT2D eigenvalue weighted by molar-refractivity contribution is 0.287. The maximum Gasteiger partial charge on any atom is 0.235 e. The second kappa shape index (κ2) is 5.17. The molecule has 0 saturated heterocycles. The van der Waals surface area contributed by atoms with Crippen molar-refractivity contribution in [2.24, 2.45) is 0 Å². The Morgan fingerprint density at radius 3 is 2.40 bits per heavy atom. The van der Waals surface area contributed by atoms with Crippen LogP contribution in [-0.2, 0) is 6.54 Å². The normalized spacial score (nSPS) is 10.8. The Kier molecular flexibility index (Phi) is 3.21. The number of benzene rings is 2. The number of aromatic hydroxyl groups is 2. The van der Waals surface area contributed by atoms with Crippen LogP contribution in [0.2, 0.25) is 0 Å². The summed E-state index contributed by atoms with van der Waals surface area (Å²) in [5, 5.41) is 20.5. The third kappa shape index (κ3) is 2.16. The van der Waals surface area contributed by atoms with Crippen LogP contribution in [0.3, 0.4) is 0 Å².